The highest BCUT2D eigenvalue weighted by molar-refractivity contribution is 6.23. The first-order valence-electron chi connectivity index (χ1n) is 10.1. The van der Waals surface area contributed by atoms with Gasteiger partial charge in [-0.25, -0.2) is 0 Å². The minimum Gasteiger partial charge on any atom is -0.371 e. The van der Waals surface area contributed by atoms with Crippen LogP contribution in [0.1, 0.15) is 47.1 Å². The average Bonchev–Trinajstić information content (AvgIpc) is 3.22. The molecule has 0 saturated heterocycles. The molecular formula is C23H25N3O3. The van der Waals surface area contributed by atoms with Gasteiger partial charge >= 0.3 is 0 Å². The van der Waals surface area contributed by atoms with Crippen LogP contribution in [0.2, 0.25) is 0 Å². The third-order valence-corrected chi connectivity index (χ3v) is 5.73. The van der Waals surface area contributed by atoms with Crippen molar-refractivity contribution in [2.75, 3.05) is 23.3 Å². The fourth-order valence-electron chi connectivity index (χ4n) is 4.25. The molecule has 0 fully saturated rings. The molecule has 2 aliphatic rings. The van der Waals surface area contributed by atoms with Gasteiger partial charge < -0.3 is 10.2 Å². The molecule has 2 aromatic carbocycles. The number of amides is 3. The summed E-state index contributed by atoms with van der Waals surface area (Å²) in [5, 5.41) is 2.93. The zero-order chi connectivity index (χ0) is 20.7. The van der Waals surface area contributed by atoms with Gasteiger partial charge in [0.1, 0.15) is 6.04 Å². The van der Waals surface area contributed by atoms with Crippen LogP contribution in [0.25, 0.3) is 0 Å². The Labute approximate surface area is 170 Å². The van der Waals surface area contributed by atoms with Crippen molar-refractivity contribution in [1.82, 2.24) is 4.90 Å². The van der Waals surface area contributed by atoms with Crippen molar-refractivity contribution in [2.45, 2.75) is 33.2 Å². The Hall–Kier alpha value is -3.15. The van der Waals surface area contributed by atoms with Gasteiger partial charge in [-0.2, -0.15) is 0 Å². The van der Waals surface area contributed by atoms with E-state index in [-0.39, 0.29) is 11.8 Å². The Bertz CT molecular complexity index is 964. The van der Waals surface area contributed by atoms with Gasteiger partial charge in [-0.05, 0) is 49.1 Å². The molecule has 0 aromatic heterocycles. The largest absolute Gasteiger partial charge is 0.371 e. The first-order valence-corrected chi connectivity index (χ1v) is 10.1. The zero-order valence-electron chi connectivity index (χ0n) is 16.9. The summed E-state index contributed by atoms with van der Waals surface area (Å²) in [6, 6.07) is 11.7. The van der Waals surface area contributed by atoms with Crippen LogP contribution in [-0.4, -0.2) is 41.8 Å². The second-order valence-corrected chi connectivity index (χ2v) is 7.88. The molecule has 4 rings (SSSR count). The topological polar surface area (TPSA) is 69.7 Å². The monoisotopic (exact) mass is 391 g/mol. The summed E-state index contributed by atoms with van der Waals surface area (Å²) in [7, 11) is 0. The van der Waals surface area contributed by atoms with E-state index in [1.54, 1.807) is 24.3 Å². The maximum absolute atomic E-state index is 13.2. The predicted octanol–water partition coefficient (Wildman–Crippen LogP) is 3.33. The molecule has 1 atom stereocenters. The summed E-state index contributed by atoms with van der Waals surface area (Å²) in [4.78, 5) is 42.3. The van der Waals surface area contributed by atoms with Crippen molar-refractivity contribution >= 4 is 29.1 Å². The molecule has 0 aliphatic carbocycles. The Morgan fingerprint density at radius 1 is 1.07 bits per heavy atom. The van der Waals surface area contributed by atoms with E-state index in [4.69, 9.17) is 0 Å². The lowest BCUT2D eigenvalue weighted by Gasteiger charge is -2.28. The van der Waals surface area contributed by atoms with Gasteiger partial charge in [-0.15, -0.1) is 0 Å². The molecule has 0 radical (unpaired) electrons. The van der Waals surface area contributed by atoms with E-state index in [2.05, 4.69) is 17.1 Å². The number of likely N-dealkylation sites (N-methyl/N-ethyl adjacent to an activating group) is 1. The fourth-order valence-corrected chi connectivity index (χ4v) is 4.25. The van der Waals surface area contributed by atoms with Crippen molar-refractivity contribution in [3.63, 3.8) is 0 Å². The number of hydrogen-bond acceptors (Lipinski definition) is 4. The van der Waals surface area contributed by atoms with Crippen molar-refractivity contribution < 1.29 is 14.4 Å². The molecule has 0 saturated carbocycles. The van der Waals surface area contributed by atoms with E-state index in [0.29, 0.717) is 16.8 Å². The van der Waals surface area contributed by atoms with Crippen LogP contribution < -0.4 is 10.2 Å². The second kappa shape index (κ2) is 7.35. The van der Waals surface area contributed by atoms with Crippen LogP contribution in [0.3, 0.4) is 0 Å². The van der Waals surface area contributed by atoms with E-state index < -0.39 is 17.9 Å². The maximum Gasteiger partial charge on any atom is 0.262 e. The second-order valence-electron chi connectivity index (χ2n) is 7.88. The van der Waals surface area contributed by atoms with Gasteiger partial charge in [0.25, 0.3) is 11.8 Å². The Kier molecular flexibility index (Phi) is 4.86. The Morgan fingerprint density at radius 3 is 2.31 bits per heavy atom. The highest BCUT2D eigenvalue weighted by atomic mass is 16.2. The molecule has 2 heterocycles. The lowest BCUT2D eigenvalue weighted by atomic mass is 10.0. The van der Waals surface area contributed by atoms with Crippen LogP contribution in [0.5, 0.6) is 0 Å². The van der Waals surface area contributed by atoms with Crippen LogP contribution in [0.15, 0.2) is 42.5 Å². The molecule has 0 spiro atoms. The third kappa shape index (κ3) is 3.18. The number of carbonyl (C=O) groups is 3. The number of imide groups is 1. The molecule has 29 heavy (non-hydrogen) atoms. The highest BCUT2D eigenvalue weighted by Crippen LogP contribution is 2.32. The summed E-state index contributed by atoms with van der Waals surface area (Å²) in [5.41, 5.74) is 3.79. The highest BCUT2D eigenvalue weighted by Gasteiger charge is 2.43. The average molecular weight is 391 g/mol. The molecule has 1 N–H and O–H groups in total. The minimum absolute atomic E-state index is 0.223. The summed E-state index contributed by atoms with van der Waals surface area (Å²) >= 11 is 0. The molecule has 150 valence electrons. The number of hydrogen-bond donors (Lipinski definition) is 1. The zero-order valence-corrected chi connectivity index (χ0v) is 16.9. The van der Waals surface area contributed by atoms with E-state index >= 15 is 0 Å². The number of carbonyl (C=O) groups excluding carboxylic acids is 3. The minimum atomic E-state index is -0.877. The van der Waals surface area contributed by atoms with Gasteiger partial charge in [0.2, 0.25) is 5.91 Å². The molecule has 6 heteroatoms. The number of nitrogens with zero attached hydrogens (tertiary/aromatic N) is 2. The number of fused-ring (bicyclic) bond motifs is 2. The van der Waals surface area contributed by atoms with Crippen LogP contribution in [0.4, 0.5) is 11.4 Å². The fraction of sp³-hybridized carbons (Fsp3) is 0.348. The quantitative estimate of drug-likeness (QED) is 0.794. The van der Waals surface area contributed by atoms with Gasteiger partial charge in [0.05, 0.1) is 11.1 Å². The summed E-state index contributed by atoms with van der Waals surface area (Å²) < 4.78 is 0. The Morgan fingerprint density at radius 2 is 1.72 bits per heavy atom. The smallest absolute Gasteiger partial charge is 0.262 e. The van der Waals surface area contributed by atoms with E-state index in [1.165, 1.54) is 5.56 Å². The summed E-state index contributed by atoms with van der Waals surface area (Å²) in [6.07, 6.45) is 1.00. The van der Waals surface area contributed by atoms with Crippen LogP contribution in [0, 0.1) is 5.92 Å². The van der Waals surface area contributed by atoms with Gasteiger partial charge in [-0.3, -0.25) is 19.3 Å². The van der Waals surface area contributed by atoms with Gasteiger partial charge in [0, 0.05) is 24.5 Å². The van der Waals surface area contributed by atoms with E-state index in [0.717, 1.165) is 30.1 Å². The van der Waals surface area contributed by atoms with E-state index in [1.807, 2.05) is 32.0 Å². The first kappa shape index (κ1) is 19.2. The number of anilines is 2. The molecule has 6 nitrogen and oxygen atoms in total. The number of rotatable bonds is 5. The van der Waals surface area contributed by atoms with Gasteiger partial charge in [0.15, 0.2) is 0 Å². The van der Waals surface area contributed by atoms with Crippen molar-refractivity contribution in [2.24, 2.45) is 5.92 Å². The number of benzene rings is 2. The summed E-state index contributed by atoms with van der Waals surface area (Å²) in [5.74, 6) is -1.40. The molecule has 2 aliphatic heterocycles. The van der Waals surface area contributed by atoms with Crippen molar-refractivity contribution in [3.8, 4) is 0 Å². The van der Waals surface area contributed by atoms with Crippen LogP contribution >= 0.6 is 0 Å². The first-order chi connectivity index (χ1) is 13.9. The van der Waals surface area contributed by atoms with Gasteiger partial charge in [-0.1, -0.05) is 32.0 Å². The molecule has 0 bridgehead atoms. The van der Waals surface area contributed by atoms with Crippen LogP contribution in [-0.2, 0) is 11.2 Å². The maximum atomic E-state index is 13.2. The lowest BCUT2D eigenvalue weighted by Crippen LogP contribution is -2.50. The molecule has 2 aromatic rings. The third-order valence-electron chi connectivity index (χ3n) is 5.73. The summed E-state index contributed by atoms with van der Waals surface area (Å²) in [6.45, 7) is 7.68. The SMILES string of the molecule is CCN1CCc2ccc(NC(=O)C(C(C)C)N3C(=O)c4ccccc4C3=O)cc21. The predicted molar refractivity (Wildman–Crippen MR) is 112 cm³/mol. The molecule has 1 unspecified atom stereocenters. The normalized spacial score (nSPS) is 16.3. The van der Waals surface area contributed by atoms with Crippen molar-refractivity contribution in [1.29, 1.82) is 0 Å². The number of nitrogens with one attached hydrogen (secondary N) is 1. The van der Waals surface area contributed by atoms with E-state index in [9.17, 15) is 14.4 Å². The molecular weight excluding hydrogens is 366 g/mol. The Balaban J connectivity index is 1.60. The standard InChI is InChI=1S/C23H25N3O3/c1-4-25-12-11-15-9-10-16(13-19(15)25)24-21(27)20(14(2)3)26-22(28)17-7-5-6-8-18(17)23(26)29/h5-10,13-14,20H,4,11-12H2,1-3H3,(H,24,27). The lowest BCUT2D eigenvalue weighted by molar-refractivity contribution is -0.121. The molecule has 3 amide bonds. The van der Waals surface area contributed by atoms with Crippen molar-refractivity contribution in [3.05, 3.63) is 59.2 Å².